The van der Waals surface area contributed by atoms with Gasteiger partial charge >= 0.3 is 5.97 Å². The number of carbonyl (C=O) groups excluding carboxylic acids is 1. The van der Waals surface area contributed by atoms with Gasteiger partial charge in [0.2, 0.25) is 0 Å². The summed E-state index contributed by atoms with van der Waals surface area (Å²) in [7, 11) is 0. The molecular formula is C11H15NO2. The second-order valence-corrected chi connectivity index (χ2v) is 3.86. The van der Waals surface area contributed by atoms with E-state index >= 15 is 0 Å². The van der Waals surface area contributed by atoms with Crippen molar-refractivity contribution in [2.75, 3.05) is 6.61 Å². The van der Waals surface area contributed by atoms with Crippen molar-refractivity contribution in [2.24, 2.45) is 5.92 Å². The van der Waals surface area contributed by atoms with Crippen LogP contribution in [0, 0.1) is 5.92 Å². The van der Waals surface area contributed by atoms with Crippen molar-refractivity contribution in [1.82, 2.24) is 5.32 Å². The van der Waals surface area contributed by atoms with E-state index in [1.807, 2.05) is 6.08 Å². The van der Waals surface area contributed by atoms with Crippen LogP contribution in [0.3, 0.4) is 0 Å². The van der Waals surface area contributed by atoms with Crippen molar-refractivity contribution in [2.45, 2.75) is 25.3 Å². The highest BCUT2D eigenvalue weighted by molar-refractivity contribution is 5.85. The molecule has 2 rings (SSSR count). The molecule has 2 atom stereocenters. The zero-order chi connectivity index (χ0) is 9.97. The Hall–Kier alpha value is -1.25. The molecule has 1 aliphatic carbocycles. The zero-order valence-electron chi connectivity index (χ0n) is 8.16. The highest BCUT2D eigenvalue weighted by Gasteiger charge is 2.26. The predicted molar refractivity (Wildman–Crippen MR) is 53.5 cm³/mol. The molecule has 76 valence electrons. The largest absolute Gasteiger partial charge is 0.456 e. The summed E-state index contributed by atoms with van der Waals surface area (Å²) in [4.78, 5) is 10.8. The molecule has 0 bridgehead atoms. The lowest BCUT2D eigenvalue weighted by molar-refractivity contribution is -0.134. The molecule has 0 aromatic carbocycles. The van der Waals surface area contributed by atoms with Gasteiger partial charge in [0.25, 0.3) is 0 Å². The van der Waals surface area contributed by atoms with E-state index in [1.54, 1.807) is 6.08 Å². The molecule has 0 aromatic rings. The van der Waals surface area contributed by atoms with Crippen LogP contribution in [0.5, 0.6) is 0 Å². The minimum Gasteiger partial charge on any atom is -0.456 e. The highest BCUT2D eigenvalue weighted by Crippen LogP contribution is 2.27. The van der Waals surface area contributed by atoms with Gasteiger partial charge in [0, 0.05) is 12.1 Å². The van der Waals surface area contributed by atoms with Crippen LogP contribution in [0.15, 0.2) is 24.4 Å². The first-order chi connectivity index (χ1) is 6.79. The molecule has 0 radical (unpaired) electrons. The summed E-state index contributed by atoms with van der Waals surface area (Å²) in [5, 5.41) is 3.35. The Morgan fingerprint density at radius 3 is 3.07 bits per heavy atom. The number of hydrogen-bond donors (Lipinski definition) is 1. The van der Waals surface area contributed by atoms with Gasteiger partial charge in [0.05, 0.1) is 5.70 Å². The van der Waals surface area contributed by atoms with E-state index in [-0.39, 0.29) is 5.97 Å². The predicted octanol–water partition coefficient (Wildman–Crippen LogP) is 1.37. The van der Waals surface area contributed by atoms with E-state index in [1.165, 1.54) is 12.8 Å². The van der Waals surface area contributed by atoms with Gasteiger partial charge in [0.15, 0.2) is 0 Å². The maximum Gasteiger partial charge on any atom is 0.333 e. The summed E-state index contributed by atoms with van der Waals surface area (Å²) in [6.45, 7) is 4.23. The molecule has 0 saturated heterocycles. The van der Waals surface area contributed by atoms with Crippen molar-refractivity contribution in [3.63, 3.8) is 0 Å². The minimum atomic E-state index is -0.236. The zero-order valence-corrected chi connectivity index (χ0v) is 8.16. The summed E-state index contributed by atoms with van der Waals surface area (Å²) in [5.41, 5.74) is 0.911. The second-order valence-electron chi connectivity index (χ2n) is 3.86. The molecule has 3 heteroatoms. The fourth-order valence-electron chi connectivity index (χ4n) is 2.15. The minimum absolute atomic E-state index is 0.236. The Morgan fingerprint density at radius 2 is 2.43 bits per heavy atom. The summed E-state index contributed by atoms with van der Waals surface area (Å²) >= 11 is 0. The van der Waals surface area contributed by atoms with Crippen LogP contribution in [-0.4, -0.2) is 18.6 Å². The van der Waals surface area contributed by atoms with Gasteiger partial charge in [0.1, 0.15) is 6.61 Å². The summed E-state index contributed by atoms with van der Waals surface area (Å²) in [5.74, 6) is 0.298. The van der Waals surface area contributed by atoms with Gasteiger partial charge in [-0.3, -0.25) is 0 Å². The first kappa shape index (κ1) is 9.31. The average molecular weight is 193 g/mol. The molecule has 2 aliphatic rings. The molecule has 0 spiro atoms. The third-order valence-corrected chi connectivity index (χ3v) is 2.90. The molecule has 0 unspecified atom stereocenters. The van der Waals surface area contributed by atoms with E-state index in [4.69, 9.17) is 4.74 Å². The van der Waals surface area contributed by atoms with Crippen LogP contribution in [-0.2, 0) is 9.53 Å². The van der Waals surface area contributed by atoms with Crippen LogP contribution in [0.1, 0.15) is 19.3 Å². The number of hydrogen-bond acceptors (Lipinski definition) is 3. The lowest BCUT2D eigenvalue weighted by atomic mass is 10.0. The monoisotopic (exact) mass is 193 g/mol. The Morgan fingerprint density at radius 1 is 1.57 bits per heavy atom. The summed E-state index contributed by atoms with van der Waals surface area (Å²) < 4.78 is 4.82. The van der Waals surface area contributed by atoms with E-state index in [0.29, 0.717) is 18.6 Å². The Labute approximate surface area is 83.8 Å². The molecule has 1 heterocycles. The molecule has 14 heavy (non-hydrogen) atoms. The molecule has 1 saturated carbocycles. The average Bonchev–Trinajstić information content (AvgIpc) is 2.76. The van der Waals surface area contributed by atoms with Crippen molar-refractivity contribution >= 4 is 5.97 Å². The van der Waals surface area contributed by atoms with Crippen molar-refractivity contribution in [3.8, 4) is 0 Å². The van der Waals surface area contributed by atoms with Gasteiger partial charge in [-0.05, 0) is 18.8 Å². The van der Waals surface area contributed by atoms with Crippen LogP contribution in [0.4, 0.5) is 0 Å². The quantitative estimate of drug-likeness (QED) is 0.543. The maximum atomic E-state index is 10.8. The molecule has 1 fully saturated rings. The van der Waals surface area contributed by atoms with Gasteiger partial charge in [-0.2, -0.15) is 0 Å². The molecule has 3 nitrogen and oxygen atoms in total. The lowest BCUT2D eigenvalue weighted by Gasteiger charge is -2.18. The first-order valence-electron chi connectivity index (χ1n) is 5.06. The van der Waals surface area contributed by atoms with E-state index in [2.05, 4.69) is 11.9 Å². The maximum absolute atomic E-state index is 10.8. The van der Waals surface area contributed by atoms with E-state index in [9.17, 15) is 4.79 Å². The van der Waals surface area contributed by atoms with Gasteiger partial charge in [-0.25, -0.2) is 4.79 Å². The van der Waals surface area contributed by atoms with Crippen molar-refractivity contribution in [1.29, 1.82) is 0 Å². The number of nitrogens with one attached hydrogen (secondary N) is 1. The number of ether oxygens (including phenoxy) is 1. The Balaban J connectivity index is 1.93. The van der Waals surface area contributed by atoms with Crippen molar-refractivity contribution in [3.05, 3.63) is 24.4 Å². The smallest absolute Gasteiger partial charge is 0.333 e. The normalized spacial score (nSPS) is 31.1. The number of cyclic esters (lactones) is 1. The highest BCUT2D eigenvalue weighted by atomic mass is 16.5. The van der Waals surface area contributed by atoms with Gasteiger partial charge in [-0.15, -0.1) is 6.58 Å². The van der Waals surface area contributed by atoms with Crippen molar-refractivity contribution < 1.29 is 9.53 Å². The first-order valence-corrected chi connectivity index (χ1v) is 5.06. The number of carbonyl (C=O) groups is 1. The fourth-order valence-corrected chi connectivity index (χ4v) is 2.15. The summed E-state index contributed by atoms with van der Waals surface area (Å²) in [6.07, 6.45) is 7.13. The number of esters is 1. The fraction of sp³-hybridized carbons (Fsp3) is 0.545. The van der Waals surface area contributed by atoms with Crippen LogP contribution in [0.2, 0.25) is 0 Å². The van der Waals surface area contributed by atoms with Gasteiger partial charge in [-0.1, -0.05) is 12.5 Å². The Bertz CT molecular complexity index is 283. The third-order valence-electron chi connectivity index (χ3n) is 2.90. The van der Waals surface area contributed by atoms with Gasteiger partial charge < -0.3 is 10.1 Å². The lowest BCUT2D eigenvalue weighted by Crippen LogP contribution is -2.31. The third kappa shape index (κ3) is 1.81. The molecular weight excluding hydrogens is 178 g/mol. The molecule has 0 aromatic heterocycles. The van der Waals surface area contributed by atoms with E-state index < -0.39 is 0 Å². The standard InChI is InChI=1S/C11H15NO2/c1-2-8-4-3-5-10(8)12-9-6-11(13)14-7-9/h2,6,8,10,12H,1,3-5,7H2/t8-,10+/m1/s1. The topological polar surface area (TPSA) is 38.3 Å². The van der Waals surface area contributed by atoms with Crippen LogP contribution >= 0.6 is 0 Å². The molecule has 0 amide bonds. The van der Waals surface area contributed by atoms with Crippen LogP contribution < -0.4 is 5.32 Å². The Kier molecular flexibility index (Phi) is 2.57. The molecule has 1 N–H and O–H groups in total. The SMILES string of the molecule is C=C[C@@H]1CCC[C@@H]1NC1=CC(=O)OC1. The molecule has 1 aliphatic heterocycles. The van der Waals surface area contributed by atoms with Crippen LogP contribution in [0.25, 0.3) is 0 Å². The number of rotatable bonds is 3. The summed E-state index contributed by atoms with van der Waals surface area (Å²) in [6, 6.07) is 0.438. The second kappa shape index (κ2) is 3.86. The van der Waals surface area contributed by atoms with E-state index in [0.717, 1.165) is 12.1 Å².